The van der Waals surface area contributed by atoms with Gasteiger partial charge in [0.05, 0.1) is 23.7 Å². The summed E-state index contributed by atoms with van der Waals surface area (Å²) in [7, 11) is 0. The average molecular weight is 272 g/mol. The SMILES string of the molecule is CC1(C)CN(C(=O)C(C)(C)C(C)(C)N)CC(CO)O1. The van der Waals surface area contributed by atoms with E-state index >= 15 is 0 Å². The van der Waals surface area contributed by atoms with Crippen molar-refractivity contribution in [2.45, 2.75) is 58.8 Å². The molecule has 1 atom stereocenters. The Labute approximate surface area is 116 Å². The molecule has 1 amide bonds. The lowest BCUT2D eigenvalue weighted by atomic mass is 9.74. The van der Waals surface area contributed by atoms with E-state index < -0.39 is 16.6 Å². The van der Waals surface area contributed by atoms with Crippen molar-refractivity contribution in [3.8, 4) is 0 Å². The molecule has 1 heterocycles. The van der Waals surface area contributed by atoms with Crippen LogP contribution in [0.4, 0.5) is 0 Å². The van der Waals surface area contributed by atoms with Gasteiger partial charge in [-0.15, -0.1) is 0 Å². The Kier molecular flexibility index (Phi) is 4.35. The van der Waals surface area contributed by atoms with Crippen molar-refractivity contribution in [2.75, 3.05) is 19.7 Å². The lowest BCUT2D eigenvalue weighted by molar-refractivity contribution is -0.175. The second kappa shape index (κ2) is 5.04. The van der Waals surface area contributed by atoms with Crippen LogP contribution in [0.2, 0.25) is 0 Å². The van der Waals surface area contributed by atoms with Gasteiger partial charge < -0.3 is 20.5 Å². The van der Waals surface area contributed by atoms with Gasteiger partial charge in [-0.2, -0.15) is 0 Å². The van der Waals surface area contributed by atoms with Gasteiger partial charge in [0.15, 0.2) is 0 Å². The molecule has 1 fully saturated rings. The molecule has 0 bridgehead atoms. The third kappa shape index (κ3) is 3.46. The maximum absolute atomic E-state index is 12.7. The first kappa shape index (κ1) is 16.4. The van der Waals surface area contributed by atoms with E-state index in [1.165, 1.54) is 0 Å². The van der Waals surface area contributed by atoms with Gasteiger partial charge in [-0.25, -0.2) is 0 Å². The van der Waals surface area contributed by atoms with Crippen LogP contribution in [0, 0.1) is 5.41 Å². The fourth-order valence-electron chi connectivity index (χ4n) is 2.22. The number of morpholine rings is 1. The molecule has 1 aliphatic heterocycles. The zero-order valence-electron chi connectivity index (χ0n) is 13.0. The summed E-state index contributed by atoms with van der Waals surface area (Å²) >= 11 is 0. The number of aliphatic hydroxyl groups excluding tert-OH is 1. The van der Waals surface area contributed by atoms with Gasteiger partial charge in [-0.1, -0.05) is 0 Å². The molecule has 0 radical (unpaired) electrons. The van der Waals surface area contributed by atoms with Gasteiger partial charge in [0.25, 0.3) is 0 Å². The minimum absolute atomic E-state index is 0.00910. The number of hydrogen-bond acceptors (Lipinski definition) is 4. The summed E-state index contributed by atoms with van der Waals surface area (Å²) in [5.74, 6) is 0.00910. The van der Waals surface area contributed by atoms with Crippen LogP contribution in [0.15, 0.2) is 0 Å². The van der Waals surface area contributed by atoms with Gasteiger partial charge in [0, 0.05) is 18.6 Å². The number of carbonyl (C=O) groups excluding carboxylic acids is 1. The Morgan fingerprint density at radius 2 is 1.95 bits per heavy atom. The first-order valence-corrected chi connectivity index (χ1v) is 6.77. The Bertz CT molecular complexity index is 345. The maximum Gasteiger partial charge on any atom is 0.230 e. The second-order valence-electron chi connectivity index (χ2n) is 7.21. The molecule has 0 aromatic heterocycles. The number of carbonyl (C=O) groups is 1. The minimum Gasteiger partial charge on any atom is -0.394 e. The first-order valence-electron chi connectivity index (χ1n) is 6.77. The average Bonchev–Trinajstić information content (AvgIpc) is 2.24. The summed E-state index contributed by atoms with van der Waals surface area (Å²) in [6.07, 6.45) is -0.329. The van der Waals surface area contributed by atoms with E-state index in [0.29, 0.717) is 13.1 Å². The van der Waals surface area contributed by atoms with Gasteiger partial charge in [-0.05, 0) is 41.5 Å². The van der Waals surface area contributed by atoms with Crippen molar-refractivity contribution in [3.63, 3.8) is 0 Å². The third-order valence-electron chi connectivity index (χ3n) is 4.12. The second-order valence-corrected chi connectivity index (χ2v) is 7.21. The summed E-state index contributed by atoms with van der Waals surface area (Å²) in [6, 6.07) is 0. The topological polar surface area (TPSA) is 75.8 Å². The third-order valence-corrected chi connectivity index (χ3v) is 4.12. The normalized spacial score (nSPS) is 24.4. The molecular formula is C14H28N2O3. The summed E-state index contributed by atoms with van der Waals surface area (Å²) in [5.41, 5.74) is 4.40. The molecule has 0 aromatic rings. The predicted octanol–water partition coefficient (Wildman–Crippen LogP) is 0.748. The first-order chi connectivity index (χ1) is 8.40. The molecule has 5 nitrogen and oxygen atoms in total. The van der Waals surface area contributed by atoms with Crippen molar-refractivity contribution < 1.29 is 14.6 Å². The van der Waals surface area contributed by atoms with Crippen LogP contribution in [-0.2, 0) is 9.53 Å². The molecule has 1 rings (SSSR count). The highest BCUT2D eigenvalue weighted by atomic mass is 16.5. The molecule has 1 saturated heterocycles. The lowest BCUT2D eigenvalue weighted by Gasteiger charge is -2.47. The van der Waals surface area contributed by atoms with Crippen molar-refractivity contribution in [1.29, 1.82) is 0 Å². The van der Waals surface area contributed by atoms with Gasteiger partial charge in [-0.3, -0.25) is 4.79 Å². The van der Waals surface area contributed by atoms with E-state index in [1.807, 2.05) is 41.5 Å². The van der Waals surface area contributed by atoms with Gasteiger partial charge in [0.1, 0.15) is 0 Å². The van der Waals surface area contributed by atoms with E-state index in [-0.39, 0.29) is 18.6 Å². The van der Waals surface area contributed by atoms with Crippen molar-refractivity contribution in [1.82, 2.24) is 4.90 Å². The molecule has 0 aromatic carbocycles. The summed E-state index contributed by atoms with van der Waals surface area (Å²) in [4.78, 5) is 14.5. The van der Waals surface area contributed by atoms with E-state index in [0.717, 1.165) is 0 Å². The van der Waals surface area contributed by atoms with E-state index in [2.05, 4.69) is 0 Å². The zero-order chi connectivity index (χ0) is 15.1. The molecule has 1 unspecified atom stereocenters. The smallest absolute Gasteiger partial charge is 0.230 e. The Morgan fingerprint density at radius 1 is 1.42 bits per heavy atom. The number of amides is 1. The van der Waals surface area contributed by atoms with E-state index in [1.54, 1.807) is 4.90 Å². The zero-order valence-corrected chi connectivity index (χ0v) is 13.0. The Balaban J connectivity index is 2.93. The number of rotatable bonds is 3. The van der Waals surface area contributed by atoms with Crippen LogP contribution >= 0.6 is 0 Å². The van der Waals surface area contributed by atoms with Gasteiger partial charge >= 0.3 is 0 Å². The molecule has 19 heavy (non-hydrogen) atoms. The molecule has 3 N–H and O–H groups in total. The van der Waals surface area contributed by atoms with E-state index in [9.17, 15) is 9.90 Å². The van der Waals surface area contributed by atoms with Crippen LogP contribution in [0.1, 0.15) is 41.5 Å². The monoisotopic (exact) mass is 272 g/mol. The molecule has 0 aliphatic carbocycles. The fourth-order valence-corrected chi connectivity index (χ4v) is 2.22. The number of nitrogens with two attached hydrogens (primary N) is 1. The summed E-state index contributed by atoms with van der Waals surface area (Å²) in [6.45, 7) is 12.2. The summed E-state index contributed by atoms with van der Waals surface area (Å²) in [5, 5.41) is 9.30. The number of ether oxygens (including phenoxy) is 1. The van der Waals surface area contributed by atoms with Gasteiger partial charge in [0.2, 0.25) is 5.91 Å². The molecule has 1 aliphatic rings. The Hall–Kier alpha value is -0.650. The van der Waals surface area contributed by atoms with Crippen molar-refractivity contribution >= 4 is 5.91 Å². The highest BCUT2D eigenvalue weighted by Gasteiger charge is 2.46. The molecule has 0 saturated carbocycles. The number of aliphatic hydroxyl groups is 1. The highest BCUT2D eigenvalue weighted by molar-refractivity contribution is 5.83. The minimum atomic E-state index is -0.666. The van der Waals surface area contributed by atoms with Crippen LogP contribution in [0.5, 0.6) is 0 Å². The van der Waals surface area contributed by atoms with Crippen LogP contribution < -0.4 is 5.73 Å². The standard InChI is InChI=1S/C14H28N2O3/c1-12(2)9-16(7-10(8-17)19-12)11(18)13(3,4)14(5,6)15/h10,17H,7-9,15H2,1-6H3. The highest BCUT2D eigenvalue weighted by Crippen LogP contribution is 2.33. The Morgan fingerprint density at radius 3 is 2.37 bits per heavy atom. The summed E-state index contributed by atoms with van der Waals surface area (Å²) < 4.78 is 5.73. The van der Waals surface area contributed by atoms with Crippen molar-refractivity contribution in [3.05, 3.63) is 0 Å². The van der Waals surface area contributed by atoms with Crippen LogP contribution in [0.3, 0.4) is 0 Å². The number of hydrogen-bond donors (Lipinski definition) is 2. The maximum atomic E-state index is 12.7. The quantitative estimate of drug-likeness (QED) is 0.795. The van der Waals surface area contributed by atoms with Crippen LogP contribution in [0.25, 0.3) is 0 Å². The van der Waals surface area contributed by atoms with Crippen molar-refractivity contribution in [2.24, 2.45) is 11.1 Å². The van der Waals surface area contributed by atoms with E-state index in [4.69, 9.17) is 10.5 Å². The molecule has 5 heteroatoms. The predicted molar refractivity (Wildman–Crippen MR) is 74.7 cm³/mol. The fraction of sp³-hybridized carbons (Fsp3) is 0.929. The van der Waals surface area contributed by atoms with Crippen LogP contribution in [-0.4, -0.2) is 52.9 Å². The number of nitrogens with zero attached hydrogens (tertiary/aromatic N) is 1. The molecule has 112 valence electrons. The lowest BCUT2D eigenvalue weighted by Crippen LogP contribution is -2.62. The molecule has 0 spiro atoms. The molecular weight excluding hydrogens is 244 g/mol. The largest absolute Gasteiger partial charge is 0.394 e.